The second-order valence-corrected chi connectivity index (χ2v) is 4.55. The monoisotopic (exact) mass is 311 g/mol. The Labute approximate surface area is 134 Å². The van der Waals surface area contributed by atoms with E-state index in [9.17, 15) is 9.59 Å². The summed E-state index contributed by atoms with van der Waals surface area (Å²) in [6.45, 7) is 3.10. The van der Waals surface area contributed by atoms with Crippen LogP contribution < -0.4 is 5.73 Å². The Bertz CT molecular complexity index is 738. The third kappa shape index (κ3) is 4.38. The number of nitrogens with two attached hydrogens (primary N) is 1. The summed E-state index contributed by atoms with van der Waals surface area (Å²) in [6.07, 6.45) is 1.05. The van der Waals surface area contributed by atoms with Gasteiger partial charge in [-0.1, -0.05) is 30.3 Å². The lowest BCUT2D eigenvalue weighted by Crippen LogP contribution is -2.16. The zero-order chi connectivity index (χ0) is 17.4. The SMILES string of the molecule is COC(=O)C(C(=O)N=C(C)C(C#N)=CN)=C(C)c1ccccc1. The first kappa shape index (κ1) is 17.9. The van der Waals surface area contributed by atoms with Crippen LogP contribution in [0.4, 0.5) is 0 Å². The molecular weight excluding hydrogens is 294 g/mol. The molecule has 0 unspecified atom stereocenters. The number of rotatable bonds is 4. The van der Waals surface area contributed by atoms with Crippen molar-refractivity contribution in [1.29, 1.82) is 5.26 Å². The van der Waals surface area contributed by atoms with Crippen molar-refractivity contribution in [3.05, 3.63) is 53.2 Å². The predicted molar refractivity (Wildman–Crippen MR) is 87.1 cm³/mol. The molecule has 2 N–H and O–H groups in total. The first-order valence-corrected chi connectivity index (χ1v) is 6.72. The fourth-order valence-corrected chi connectivity index (χ4v) is 1.84. The lowest BCUT2D eigenvalue weighted by molar-refractivity contribution is -0.137. The van der Waals surface area contributed by atoms with Crippen molar-refractivity contribution in [1.82, 2.24) is 0 Å². The van der Waals surface area contributed by atoms with Gasteiger partial charge >= 0.3 is 5.97 Å². The summed E-state index contributed by atoms with van der Waals surface area (Å²) in [5, 5.41) is 8.90. The van der Waals surface area contributed by atoms with Crippen molar-refractivity contribution in [3.8, 4) is 6.07 Å². The van der Waals surface area contributed by atoms with Gasteiger partial charge in [0.2, 0.25) is 0 Å². The van der Waals surface area contributed by atoms with E-state index in [0.717, 1.165) is 6.20 Å². The molecule has 0 spiro atoms. The van der Waals surface area contributed by atoms with Crippen LogP contribution in [-0.2, 0) is 14.3 Å². The number of methoxy groups -OCH3 is 1. The van der Waals surface area contributed by atoms with Gasteiger partial charge in [-0.05, 0) is 25.0 Å². The maximum atomic E-state index is 12.4. The molecule has 0 aliphatic carbocycles. The number of ether oxygens (including phenoxy) is 1. The Morgan fingerprint density at radius 2 is 1.87 bits per heavy atom. The molecule has 1 rings (SSSR count). The highest BCUT2D eigenvalue weighted by Crippen LogP contribution is 2.20. The molecule has 0 aliphatic rings. The van der Waals surface area contributed by atoms with Crippen LogP contribution in [0.1, 0.15) is 19.4 Å². The summed E-state index contributed by atoms with van der Waals surface area (Å²) < 4.78 is 4.68. The number of carbonyl (C=O) groups excluding carboxylic acids is 2. The van der Waals surface area contributed by atoms with Crippen molar-refractivity contribution in [2.45, 2.75) is 13.8 Å². The van der Waals surface area contributed by atoms with Crippen molar-refractivity contribution >= 4 is 23.2 Å². The summed E-state index contributed by atoms with van der Waals surface area (Å²) in [7, 11) is 1.19. The first-order chi connectivity index (χ1) is 11.0. The highest BCUT2D eigenvalue weighted by atomic mass is 16.5. The van der Waals surface area contributed by atoms with E-state index in [2.05, 4.69) is 9.73 Å². The van der Waals surface area contributed by atoms with Gasteiger partial charge < -0.3 is 10.5 Å². The molecular formula is C17H17N3O3. The Hall–Kier alpha value is -3.20. The highest BCUT2D eigenvalue weighted by Gasteiger charge is 2.23. The molecule has 6 heteroatoms. The molecule has 0 radical (unpaired) electrons. The second-order valence-electron chi connectivity index (χ2n) is 4.55. The second kappa shape index (κ2) is 8.29. The number of amides is 1. The number of carbonyl (C=O) groups is 2. The van der Waals surface area contributed by atoms with Gasteiger partial charge in [0.1, 0.15) is 11.6 Å². The third-order valence-corrected chi connectivity index (χ3v) is 3.13. The van der Waals surface area contributed by atoms with Crippen LogP contribution in [0, 0.1) is 11.3 Å². The lowest BCUT2D eigenvalue weighted by atomic mass is 10.0. The molecule has 118 valence electrons. The van der Waals surface area contributed by atoms with Gasteiger partial charge in [-0.25, -0.2) is 9.79 Å². The zero-order valence-electron chi connectivity index (χ0n) is 13.2. The van der Waals surface area contributed by atoms with E-state index >= 15 is 0 Å². The molecule has 1 amide bonds. The number of nitriles is 1. The molecule has 0 bridgehead atoms. The maximum Gasteiger partial charge on any atom is 0.343 e. The quantitative estimate of drug-likeness (QED) is 0.228. The molecule has 0 fully saturated rings. The minimum absolute atomic E-state index is 0.0555. The average Bonchev–Trinajstić information content (AvgIpc) is 2.56. The summed E-state index contributed by atoms with van der Waals surface area (Å²) in [6, 6.07) is 10.8. The molecule has 0 heterocycles. The van der Waals surface area contributed by atoms with Crippen LogP contribution in [0.5, 0.6) is 0 Å². The molecule has 0 aliphatic heterocycles. The van der Waals surface area contributed by atoms with Gasteiger partial charge in [0.25, 0.3) is 5.91 Å². The van der Waals surface area contributed by atoms with Gasteiger partial charge in [0.05, 0.1) is 18.4 Å². The summed E-state index contributed by atoms with van der Waals surface area (Å²) in [4.78, 5) is 28.1. The molecule has 6 nitrogen and oxygen atoms in total. The molecule has 1 aromatic carbocycles. The molecule has 0 aromatic heterocycles. The standard InChI is InChI=1S/C17H17N3O3/c1-11(13-7-5-4-6-8-13)15(17(22)23-3)16(21)20-12(2)14(9-18)10-19/h4-9H,18H2,1-3H3. The number of hydrogen-bond donors (Lipinski definition) is 1. The molecule has 0 saturated carbocycles. The topological polar surface area (TPSA) is 106 Å². The van der Waals surface area contributed by atoms with Crippen molar-refractivity contribution in [3.63, 3.8) is 0 Å². The Kier molecular flexibility index (Phi) is 6.44. The van der Waals surface area contributed by atoms with E-state index in [1.165, 1.54) is 14.0 Å². The fourth-order valence-electron chi connectivity index (χ4n) is 1.84. The number of benzene rings is 1. The lowest BCUT2D eigenvalue weighted by Gasteiger charge is -2.08. The van der Waals surface area contributed by atoms with Crippen molar-refractivity contribution < 1.29 is 14.3 Å². The Morgan fingerprint density at radius 1 is 1.26 bits per heavy atom. The molecule has 23 heavy (non-hydrogen) atoms. The molecule has 0 atom stereocenters. The first-order valence-electron chi connectivity index (χ1n) is 6.72. The van der Waals surface area contributed by atoms with Gasteiger partial charge in [-0.2, -0.15) is 5.26 Å². The van der Waals surface area contributed by atoms with E-state index in [4.69, 9.17) is 11.0 Å². The Balaban J connectivity index is 3.40. The predicted octanol–water partition coefficient (Wildman–Crippen LogP) is 1.99. The smallest absolute Gasteiger partial charge is 0.343 e. The van der Waals surface area contributed by atoms with Crippen LogP contribution in [0.15, 0.2) is 52.7 Å². The van der Waals surface area contributed by atoms with Gasteiger partial charge in [0.15, 0.2) is 0 Å². The minimum Gasteiger partial charge on any atom is -0.465 e. The van der Waals surface area contributed by atoms with E-state index < -0.39 is 11.9 Å². The van der Waals surface area contributed by atoms with Crippen molar-refractivity contribution in [2.75, 3.05) is 7.11 Å². The summed E-state index contributed by atoms with van der Waals surface area (Å²) >= 11 is 0. The number of nitrogens with zero attached hydrogens (tertiary/aromatic N) is 2. The number of hydrogen-bond acceptors (Lipinski definition) is 5. The number of esters is 1. The van der Waals surface area contributed by atoms with Gasteiger partial charge in [0, 0.05) is 6.20 Å². The van der Waals surface area contributed by atoms with Crippen LogP contribution in [0.25, 0.3) is 5.57 Å². The minimum atomic E-state index is -0.789. The number of aliphatic imine (C=N–C) groups is 1. The fraction of sp³-hybridized carbons (Fsp3) is 0.176. The van der Waals surface area contributed by atoms with Gasteiger partial charge in [-0.15, -0.1) is 0 Å². The van der Waals surface area contributed by atoms with E-state index in [1.54, 1.807) is 31.2 Å². The van der Waals surface area contributed by atoms with E-state index in [1.807, 2.05) is 12.1 Å². The molecule has 1 aromatic rings. The highest BCUT2D eigenvalue weighted by molar-refractivity contribution is 6.25. The van der Waals surface area contributed by atoms with E-state index in [-0.39, 0.29) is 16.9 Å². The summed E-state index contributed by atoms with van der Waals surface area (Å²) in [5.41, 5.74) is 6.42. The zero-order valence-corrected chi connectivity index (χ0v) is 13.2. The van der Waals surface area contributed by atoms with Crippen molar-refractivity contribution in [2.24, 2.45) is 10.7 Å². The van der Waals surface area contributed by atoms with Crippen LogP contribution >= 0.6 is 0 Å². The van der Waals surface area contributed by atoms with Gasteiger partial charge in [-0.3, -0.25) is 4.79 Å². The van der Waals surface area contributed by atoms with Crippen LogP contribution in [-0.4, -0.2) is 24.7 Å². The van der Waals surface area contributed by atoms with Crippen LogP contribution in [0.3, 0.4) is 0 Å². The normalized spacial score (nSPS) is 13.0. The van der Waals surface area contributed by atoms with E-state index in [0.29, 0.717) is 11.1 Å². The Morgan fingerprint density at radius 3 is 2.35 bits per heavy atom. The summed E-state index contributed by atoms with van der Waals surface area (Å²) in [5.74, 6) is -1.58. The van der Waals surface area contributed by atoms with Crippen LogP contribution in [0.2, 0.25) is 0 Å². The average molecular weight is 311 g/mol. The molecule has 0 saturated heterocycles. The largest absolute Gasteiger partial charge is 0.465 e. The third-order valence-electron chi connectivity index (χ3n) is 3.13. The maximum absolute atomic E-state index is 12.4. The number of allylic oxidation sites excluding steroid dienone is 2.